The molecule has 0 aliphatic rings. The van der Waals surface area contributed by atoms with Crippen LogP contribution in [0.3, 0.4) is 0 Å². The van der Waals surface area contributed by atoms with Crippen molar-refractivity contribution in [2.24, 2.45) is 0 Å². The molecule has 72 valence electrons. The molecule has 0 saturated carbocycles. The molecule has 0 radical (unpaired) electrons. The van der Waals surface area contributed by atoms with Crippen LogP contribution in [-0.4, -0.2) is 18.2 Å². The van der Waals surface area contributed by atoms with E-state index in [9.17, 15) is 0 Å². The lowest BCUT2D eigenvalue weighted by Crippen LogP contribution is -2.00. The number of halogens is 2. The van der Waals surface area contributed by atoms with Crippen LogP contribution in [0.1, 0.15) is 12.6 Å². The number of hydrogen-bond donors (Lipinski definition) is 0. The van der Waals surface area contributed by atoms with Gasteiger partial charge >= 0.3 is 0 Å². The van der Waals surface area contributed by atoms with Crippen LogP contribution in [-0.2, 0) is 11.2 Å². The van der Waals surface area contributed by atoms with Gasteiger partial charge in [0, 0.05) is 19.2 Å². The summed E-state index contributed by atoms with van der Waals surface area (Å²) in [5, 5.41) is 1.08. The number of rotatable bonds is 4. The summed E-state index contributed by atoms with van der Waals surface area (Å²) < 4.78 is 5.19. The zero-order valence-corrected chi connectivity index (χ0v) is 8.90. The van der Waals surface area contributed by atoms with Crippen LogP contribution in [0.25, 0.3) is 0 Å². The molecule has 0 aliphatic carbocycles. The minimum Gasteiger partial charge on any atom is -0.381 e. The Morgan fingerprint density at radius 2 is 2.23 bits per heavy atom. The van der Waals surface area contributed by atoms with Crippen molar-refractivity contribution < 1.29 is 4.74 Å². The third kappa shape index (κ3) is 3.14. The summed E-state index contributed by atoms with van der Waals surface area (Å²) >= 11 is 11.7. The van der Waals surface area contributed by atoms with E-state index in [-0.39, 0.29) is 0 Å². The van der Waals surface area contributed by atoms with Crippen molar-refractivity contribution in [3.05, 3.63) is 28.0 Å². The molecule has 0 saturated heterocycles. The normalized spacial score (nSPS) is 10.4. The van der Waals surface area contributed by atoms with Crippen molar-refractivity contribution in [2.45, 2.75) is 13.3 Å². The fourth-order valence-corrected chi connectivity index (χ4v) is 1.32. The number of hydrogen-bond acceptors (Lipinski definition) is 2. The standard InChI is InChI=1S/C9H11Cl2NO/c1-2-13-6-4-8-9(11)7(10)3-5-12-8/h3,5H,2,4,6H2,1H3. The van der Waals surface area contributed by atoms with Crippen molar-refractivity contribution in [2.75, 3.05) is 13.2 Å². The molecule has 0 fully saturated rings. The van der Waals surface area contributed by atoms with Gasteiger partial charge in [-0.15, -0.1) is 0 Å². The van der Waals surface area contributed by atoms with Crippen LogP contribution in [0, 0.1) is 0 Å². The molecule has 0 spiro atoms. The Morgan fingerprint density at radius 3 is 2.92 bits per heavy atom. The van der Waals surface area contributed by atoms with Crippen molar-refractivity contribution in [3.8, 4) is 0 Å². The fourth-order valence-electron chi connectivity index (χ4n) is 0.948. The Kier molecular flexibility index (Phi) is 4.50. The maximum absolute atomic E-state index is 5.92. The van der Waals surface area contributed by atoms with Crippen molar-refractivity contribution >= 4 is 23.2 Å². The van der Waals surface area contributed by atoms with Gasteiger partial charge in [-0.2, -0.15) is 0 Å². The molecule has 1 rings (SSSR count). The molecule has 2 nitrogen and oxygen atoms in total. The van der Waals surface area contributed by atoms with Crippen molar-refractivity contribution in [1.29, 1.82) is 0 Å². The Bertz CT molecular complexity index is 278. The molecule has 0 aliphatic heterocycles. The van der Waals surface area contributed by atoms with Crippen LogP contribution in [0.15, 0.2) is 12.3 Å². The molecule has 0 atom stereocenters. The molecule has 0 N–H and O–H groups in total. The van der Waals surface area contributed by atoms with Crippen molar-refractivity contribution in [1.82, 2.24) is 4.98 Å². The van der Waals surface area contributed by atoms with Gasteiger partial charge in [0.2, 0.25) is 0 Å². The number of nitrogens with zero attached hydrogens (tertiary/aromatic N) is 1. The number of pyridine rings is 1. The van der Waals surface area contributed by atoms with E-state index in [2.05, 4.69) is 4.98 Å². The molecule has 4 heteroatoms. The summed E-state index contributed by atoms with van der Waals surface area (Å²) in [5.41, 5.74) is 0.794. The second kappa shape index (κ2) is 5.43. The average molecular weight is 220 g/mol. The van der Waals surface area contributed by atoms with E-state index >= 15 is 0 Å². The van der Waals surface area contributed by atoms with Gasteiger partial charge in [-0.25, -0.2) is 0 Å². The predicted octanol–water partition coefficient (Wildman–Crippen LogP) is 2.97. The molecule has 0 amide bonds. The highest BCUT2D eigenvalue weighted by Crippen LogP contribution is 2.23. The topological polar surface area (TPSA) is 22.1 Å². The highest BCUT2D eigenvalue weighted by atomic mass is 35.5. The second-order valence-corrected chi connectivity index (χ2v) is 3.29. The lowest BCUT2D eigenvalue weighted by Gasteiger charge is -2.04. The minimum atomic E-state index is 0.531. The highest BCUT2D eigenvalue weighted by molar-refractivity contribution is 6.42. The summed E-state index contributed by atoms with van der Waals surface area (Å²) in [6.07, 6.45) is 2.35. The molecule has 13 heavy (non-hydrogen) atoms. The van der Waals surface area contributed by atoms with E-state index in [0.29, 0.717) is 29.7 Å². The molecular weight excluding hydrogens is 209 g/mol. The van der Waals surface area contributed by atoms with Crippen LogP contribution in [0.2, 0.25) is 10.0 Å². The van der Waals surface area contributed by atoms with E-state index in [1.54, 1.807) is 12.3 Å². The monoisotopic (exact) mass is 219 g/mol. The quantitative estimate of drug-likeness (QED) is 0.727. The number of aromatic nitrogens is 1. The van der Waals surface area contributed by atoms with Gasteiger partial charge in [-0.05, 0) is 13.0 Å². The summed E-state index contributed by atoms with van der Waals surface area (Å²) in [4.78, 5) is 4.11. The maximum atomic E-state index is 5.92. The average Bonchev–Trinajstić information content (AvgIpc) is 2.13. The minimum absolute atomic E-state index is 0.531. The molecule has 1 aromatic rings. The zero-order valence-electron chi connectivity index (χ0n) is 7.39. The Balaban J connectivity index is 2.61. The first-order valence-corrected chi connectivity index (χ1v) is 4.88. The van der Waals surface area contributed by atoms with Crippen LogP contribution in [0.5, 0.6) is 0 Å². The van der Waals surface area contributed by atoms with E-state index in [0.717, 1.165) is 5.69 Å². The van der Waals surface area contributed by atoms with Gasteiger partial charge in [0.25, 0.3) is 0 Å². The Hall–Kier alpha value is -0.310. The lowest BCUT2D eigenvalue weighted by molar-refractivity contribution is 0.150. The summed E-state index contributed by atoms with van der Waals surface area (Å²) in [6.45, 7) is 3.29. The Morgan fingerprint density at radius 1 is 1.46 bits per heavy atom. The van der Waals surface area contributed by atoms with Gasteiger partial charge in [0.05, 0.1) is 22.3 Å². The fraction of sp³-hybridized carbons (Fsp3) is 0.444. The van der Waals surface area contributed by atoms with Crippen molar-refractivity contribution in [3.63, 3.8) is 0 Å². The van der Waals surface area contributed by atoms with Gasteiger partial charge in [0.1, 0.15) is 0 Å². The van der Waals surface area contributed by atoms with E-state index in [1.807, 2.05) is 6.92 Å². The second-order valence-electron chi connectivity index (χ2n) is 2.50. The zero-order chi connectivity index (χ0) is 9.68. The summed E-state index contributed by atoms with van der Waals surface area (Å²) in [5.74, 6) is 0. The van der Waals surface area contributed by atoms with E-state index < -0.39 is 0 Å². The third-order valence-electron chi connectivity index (χ3n) is 1.60. The van der Waals surface area contributed by atoms with Crippen LogP contribution >= 0.6 is 23.2 Å². The number of ether oxygens (including phenoxy) is 1. The summed E-state index contributed by atoms with van der Waals surface area (Å²) in [7, 11) is 0. The predicted molar refractivity (Wildman–Crippen MR) is 54.5 cm³/mol. The van der Waals surface area contributed by atoms with E-state index in [1.165, 1.54) is 0 Å². The SMILES string of the molecule is CCOCCc1nccc(Cl)c1Cl. The molecular formula is C9H11Cl2NO. The third-order valence-corrected chi connectivity index (χ3v) is 2.44. The smallest absolute Gasteiger partial charge is 0.0808 e. The molecule has 0 unspecified atom stereocenters. The highest BCUT2D eigenvalue weighted by Gasteiger charge is 2.04. The Labute approximate surface area is 87.8 Å². The first-order chi connectivity index (χ1) is 6.25. The first-order valence-electron chi connectivity index (χ1n) is 4.12. The molecule has 1 aromatic heterocycles. The molecule has 0 bridgehead atoms. The van der Waals surface area contributed by atoms with Gasteiger partial charge in [0.15, 0.2) is 0 Å². The molecule has 0 aromatic carbocycles. The first kappa shape index (κ1) is 10.8. The summed E-state index contributed by atoms with van der Waals surface area (Å²) in [6, 6.07) is 1.67. The largest absolute Gasteiger partial charge is 0.381 e. The van der Waals surface area contributed by atoms with Crippen LogP contribution in [0.4, 0.5) is 0 Å². The van der Waals surface area contributed by atoms with Gasteiger partial charge < -0.3 is 4.74 Å². The maximum Gasteiger partial charge on any atom is 0.0808 e. The van der Waals surface area contributed by atoms with Gasteiger partial charge in [-0.1, -0.05) is 23.2 Å². The van der Waals surface area contributed by atoms with Gasteiger partial charge in [-0.3, -0.25) is 4.98 Å². The van der Waals surface area contributed by atoms with E-state index in [4.69, 9.17) is 27.9 Å². The lowest BCUT2D eigenvalue weighted by atomic mass is 10.3. The molecule has 1 heterocycles. The van der Waals surface area contributed by atoms with Crippen LogP contribution < -0.4 is 0 Å².